The molecule has 3 heterocycles. The molecule has 0 atom stereocenters. The average molecular weight is 422 g/mol. The van der Waals surface area contributed by atoms with Gasteiger partial charge < -0.3 is 4.42 Å². The standard InChI is InChI=1S/C29H29N2O/c1-18(2)15-21-7-6-8-22(16-21)23-13-14-31(5)26(17-23)27-19(3)9-11-24-25-12-10-20(4)30-29(25)32-28(24)27/h6-14,16-18H,15H2,1-5H3/q+1. The van der Waals surface area contributed by atoms with Gasteiger partial charge in [-0.25, -0.2) is 9.55 Å². The Morgan fingerprint density at radius 3 is 2.50 bits per heavy atom. The molecule has 3 aromatic heterocycles. The van der Waals surface area contributed by atoms with Crippen molar-refractivity contribution in [2.75, 3.05) is 0 Å². The van der Waals surface area contributed by atoms with Crippen LogP contribution in [0.3, 0.4) is 0 Å². The minimum atomic E-state index is 0.639. The number of rotatable bonds is 4. The first kappa shape index (κ1) is 20.4. The van der Waals surface area contributed by atoms with Crippen LogP contribution in [0.1, 0.15) is 30.7 Å². The SMILES string of the molecule is Cc1ccc2c(n1)oc1c(-c3cc(-c4cccc(CC(C)C)c4)cc[n+]3C)c(C)ccc12. The molecule has 0 fully saturated rings. The first-order valence-electron chi connectivity index (χ1n) is 11.3. The first-order chi connectivity index (χ1) is 15.4. The summed E-state index contributed by atoms with van der Waals surface area (Å²) in [6.07, 6.45) is 3.23. The van der Waals surface area contributed by atoms with Crippen molar-refractivity contribution in [3.63, 3.8) is 0 Å². The smallest absolute Gasteiger partial charge is 0.227 e. The summed E-state index contributed by atoms with van der Waals surface area (Å²) in [6.45, 7) is 8.67. The lowest BCUT2D eigenvalue weighted by molar-refractivity contribution is -0.660. The van der Waals surface area contributed by atoms with E-state index in [1.165, 1.54) is 22.3 Å². The molecule has 0 N–H and O–H groups in total. The molecule has 32 heavy (non-hydrogen) atoms. The molecule has 0 amide bonds. The van der Waals surface area contributed by atoms with Crippen molar-refractivity contribution in [3.8, 4) is 22.4 Å². The van der Waals surface area contributed by atoms with Gasteiger partial charge in [-0.1, -0.05) is 50.2 Å². The van der Waals surface area contributed by atoms with Gasteiger partial charge in [0, 0.05) is 28.6 Å². The van der Waals surface area contributed by atoms with E-state index in [-0.39, 0.29) is 0 Å². The van der Waals surface area contributed by atoms with Gasteiger partial charge in [0.25, 0.3) is 0 Å². The molecule has 0 aliphatic carbocycles. The van der Waals surface area contributed by atoms with Crippen LogP contribution >= 0.6 is 0 Å². The first-order valence-corrected chi connectivity index (χ1v) is 11.3. The third-order valence-corrected chi connectivity index (χ3v) is 6.16. The van der Waals surface area contributed by atoms with Gasteiger partial charge in [-0.15, -0.1) is 0 Å². The lowest BCUT2D eigenvalue weighted by atomic mass is 9.96. The zero-order valence-electron chi connectivity index (χ0n) is 19.4. The summed E-state index contributed by atoms with van der Waals surface area (Å²) < 4.78 is 8.51. The Hall–Kier alpha value is -3.46. The van der Waals surface area contributed by atoms with Gasteiger partial charge in [-0.3, -0.25) is 0 Å². The van der Waals surface area contributed by atoms with Crippen LogP contribution in [-0.4, -0.2) is 4.98 Å². The number of fused-ring (bicyclic) bond motifs is 3. The Bertz CT molecular complexity index is 1460. The Labute approximate surface area is 189 Å². The second kappa shape index (κ2) is 7.90. The highest BCUT2D eigenvalue weighted by Crippen LogP contribution is 2.37. The summed E-state index contributed by atoms with van der Waals surface area (Å²) >= 11 is 0. The summed E-state index contributed by atoms with van der Waals surface area (Å²) in [6, 6.07) is 21.9. The highest BCUT2D eigenvalue weighted by Gasteiger charge is 2.21. The largest absolute Gasteiger partial charge is 0.437 e. The molecule has 0 saturated carbocycles. The second-order valence-corrected chi connectivity index (χ2v) is 9.25. The van der Waals surface area contributed by atoms with Gasteiger partial charge in [0.2, 0.25) is 11.4 Å². The van der Waals surface area contributed by atoms with E-state index in [4.69, 9.17) is 4.42 Å². The van der Waals surface area contributed by atoms with Crippen LogP contribution in [0, 0.1) is 19.8 Å². The van der Waals surface area contributed by atoms with Crippen LogP contribution in [0.2, 0.25) is 0 Å². The van der Waals surface area contributed by atoms with E-state index in [1.807, 2.05) is 13.0 Å². The number of hydrogen-bond donors (Lipinski definition) is 0. The summed E-state index contributed by atoms with van der Waals surface area (Å²) in [7, 11) is 2.09. The summed E-state index contributed by atoms with van der Waals surface area (Å²) in [5, 5.41) is 2.17. The fourth-order valence-electron chi connectivity index (χ4n) is 4.58. The molecule has 0 bridgehead atoms. The van der Waals surface area contributed by atoms with Crippen molar-refractivity contribution in [1.29, 1.82) is 0 Å². The van der Waals surface area contributed by atoms with Crippen molar-refractivity contribution >= 4 is 22.1 Å². The molecule has 160 valence electrons. The Balaban J connectivity index is 1.71. The van der Waals surface area contributed by atoms with Crippen molar-refractivity contribution in [2.45, 2.75) is 34.1 Å². The minimum Gasteiger partial charge on any atom is -0.437 e. The van der Waals surface area contributed by atoms with E-state index in [0.29, 0.717) is 11.6 Å². The second-order valence-electron chi connectivity index (χ2n) is 9.25. The van der Waals surface area contributed by atoms with Crippen molar-refractivity contribution < 1.29 is 8.98 Å². The molecule has 2 aromatic carbocycles. The van der Waals surface area contributed by atoms with Gasteiger partial charge in [0.1, 0.15) is 7.05 Å². The Kier molecular flexibility index (Phi) is 5.05. The molecule has 5 aromatic rings. The quantitative estimate of drug-likeness (QED) is 0.294. The average Bonchev–Trinajstić information content (AvgIpc) is 3.11. The molecule has 0 aliphatic rings. The van der Waals surface area contributed by atoms with E-state index in [1.54, 1.807) is 0 Å². The minimum absolute atomic E-state index is 0.639. The van der Waals surface area contributed by atoms with Crippen LogP contribution in [0.5, 0.6) is 0 Å². The summed E-state index contributed by atoms with van der Waals surface area (Å²) in [5.74, 6) is 0.639. The van der Waals surface area contributed by atoms with E-state index in [2.05, 4.69) is 98.2 Å². The number of benzene rings is 2. The van der Waals surface area contributed by atoms with Crippen LogP contribution in [0.25, 0.3) is 44.5 Å². The molecule has 5 rings (SSSR count). The van der Waals surface area contributed by atoms with Gasteiger partial charge in [0.05, 0.1) is 5.56 Å². The van der Waals surface area contributed by atoms with E-state index < -0.39 is 0 Å². The molecule has 3 heteroatoms. The number of furan rings is 1. The number of hydrogen-bond acceptors (Lipinski definition) is 2. The number of aryl methyl sites for hydroxylation is 3. The number of pyridine rings is 2. The molecular formula is C29H29N2O+. The highest BCUT2D eigenvalue weighted by atomic mass is 16.3. The third-order valence-electron chi connectivity index (χ3n) is 6.16. The molecule has 0 saturated heterocycles. The van der Waals surface area contributed by atoms with Crippen LogP contribution in [-0.2, 0) is 13.5 Å². The lowest BCUT2D eigenvalue weighted by Crippen LogP contribution is -2.30. The monoisotopic (exact) mass is 421 g/mol. The summed E-state index contributed by atoms with van der Waals surface area (Å²) in [5.41, 5.74) is 9.85. The number of aromatic nitrogens is 2. The molecule has 0 spiro atoms. The maximum absolute atomic E-state index is 6.34. The Morgan fingerprint density at radius 1 is 0.906 bits per heavy atom. The van der Waals surface area contributed by atoms with Crippen molar-refractivity contribution in [3.05, 3.63) is 83.7 Å². The fourth-order valence-corrected chi connectivity index (χ4v) is 4.58. The van der Waals surface area contributed by atoms with E-state index in [9.17, 15) is 0 Å². The fraction of sp³-hybridized carbons (Fsp3) is 0.241. The summed E-state index contributed by atoms with van der Waals surface area (Å²) in [4.78, 5) is 4.62. The zero-order chi connectivity index (χ0) is 22.4. The normalized spacial score (nSPS) is 11.7. The molecule has 0 radical (unpaired) electrons. The van der Waals surface area contributed by atoms with Crippen LogP contribution in [0.4, 0.5) is 0 Å². The topological polar surface area (TPSA) is 29.9 Å². The Morgan fingerprint density at radius 2 is 1.69 bits per heavy atom. The zero-order valence-corrected chi connectivity index (χ0v) is 19.4. The van der Waals surface area contributed by atoms with E-state index in [0.717, 1.165) is 39.7 Å². The van der Waals surface area contributed by atoms with E-state index >= 15 is 0 Å². The van der Waals surface area contributed by atoms with Crippen LogP contribution in [0.15, 0.2) is 71.3 Å². The van der Waals surface area contributed by atoms with Gasteiger partial charge in [-0.05, 0) is 60.6 Å². The maximum atomic E-state index is 6.34. The molecule has 0 unspecified atom stereocenters. The lowest BCUT2D eigenvalue weighted by Gasteiger charge is -2.10. The molecular weight excluding hydrogens is 392 g/mol. The predicted molar refractivity (Wildman–Crippen MR) is 132 cm³/mol. The third kappa shape index (κ3) is 3.58. The van der Waals surface area contributed by atoms with Crippen LogP contribution < -0.4 is 4.57 Å². The van der Waals surface area contributed by atoms with Crippen molar-refractivity contribution in [2.24, 2.45) is 13.0 Å². The molecule has 0 aliphatic heterocycles. The van der Waals surface area contributed by atoms with Gasteiger partial charge >= 0.3 is 0 Å². The highest BCUT2D eigenvalue weighted by molar-refractivity contribution is 6.08. The molecule has 3 nitrogen and oxygen atoms in total. The van der Waals surface area contributed by atoms with Crippen molar-refractivity contribution in [1.82, 2.24) is 4.98 Å². The predicted octanol–water partition coefficient (Wildman–Crippen LogP) is 6.95. The number of nitrogens with zero attached hydrogens (tertiary/aromatic N) is 2. The van der Waals surface area contributed by atoms with Gasteiger partial charge in [-0.2, -0.15) is 0 Å². The maximum Gasteiger partial charge on any atom is 0.227 e. The van der Waals surface area contributed by atoms with Gasteiger partial charge in [0.15, 0.2) is 11.8 Å².